The monoisotopic (exact) mass is 219 g/mol. The fourth-order valence-electron chi connectivity index (χ4n) is 1.42. The van der Waals surface area contributed by atoms with Gasteiger partial charge in [-0.15, -0.1) is 0 Å². The minimum Gasteiger partial charge on any atom is -0.392 e. The van der Waals surface area contributed by atoms with Gasteiger partial charge in [-0.3, -0.25) is 4.90 Å². The first-order valence-electron chi connectivity index (χ1n) is 3.92. The second-order valence-electron chi connectivity index (χ2n) is 3.05. The maximum atomic E-state index is 9.31. The van der Waals surface area contributed by atoms with E-state index in [4.69, 9.17) is 0 Å². The molecule has 0 aromatic heterocycles. The average Bonchev–Trinajstić information content (AvgIpc) is 1.85. The van der Waals surface area contributed by atoms with Crippen LogP contribution >= 0.6 is 15.9 Å². The highest BCUT2D eigenvalue weighted by Crippen LogP contribution is 2.12. The van der Waals surface area contributed by atoms with E-state index in [1.54, 1.807) is 0 Å². The zero-order chi connectivity index (χ0) is 8.27. The highest BCUT2D eigenvalue weighted by Gasteiger charge is 2.16. The minimum atomic E-state index is -0.129. The highest BCUT2D eigenvalue weighted by molar-refractivity contribution is 9.11. The van der Waals surface area contributed by atoms with Crippen LogP contribution in [0.2, 0.25) is 0 Å². The molecule has 1 fully saturated rings. The molecule has 0 unspecified atom stereocenters. The van der Waals surface area contributed by atoms with Crippen molar-refractivity contribution in [2.75, 3.05) is 19.6 Å². The van der Waals surface area contributed by atoms with Gasteiger partial charge in [0.2, 0.25) is 0 Å². The molecule has 64 valence electrons. The Bertz CT molecular complexity index is 149. The van der Waals surface area contributed by atoms with E-state index in [1.165, 1.54) is 0 Å². The second kappa shape index (κ2) is 4.24. The molecule has 2 nitrogen and oxygen atoms in total. The Kier molecular flexibility index (Phi) is 3.55. The number of aliphatic hydroxyl groups is 1. The summed E-state index contributed by atoms with van der Waals surface area (Å²) in [5.74, 6) is 0. The standard InChI is InChI=1S/C8H14BrNO/c1-7(9)5-10-4-2-3-8(11)6-10/h8,11H,1-6H2/t8-/m0/s1. The molecule has 0 spiro atoms. The van der Waals surface area contributed by atoms with E-state index in [0.29, 0.717) is 0 Å². The summed E-state index contributed by atoms with van der Waals surface area (Å²) in [6.07, 6.45) is 1.92. The largest absolute Gasteiger partial charge is 0.392 e. The van der Waals surface area contributed by atoms with Crippen LogP contribution in [0.1, 0.15) is 12.8 Å². The summed E-state index contributed by atoms with van der Waals surface area (Å²) in [6.45, 7) is 6.51. The van der Waals surface area contributed by atoms with E-state index < -0.39 is 0 Å². The van der Waals surface area contributed by atoms with E-state index in [9.17, 15) is 5.11 Å². The minimum absolute atomic E-state index is 0.129. The highest BCUT2D eigenvalue weighted by atomic mass is 79.9. The second-order valence-corrected chi connectivity index (χ2v) is 4.17. The lowest BCUT2D eigenvalue weighted by Gasteiger charge is -2.29. The van der Waals surface area contributed by atoms with Gasteiger partial charge >= 0.3 is 0 Å². The number of hydrogen-bond acceptors (Lipinski definition) is 2. The van der Waals surface area contributed by atoms with E-state index in [1.807, 2.05) is 0 Å². The summed E-state index contributed by atoms with van der Waals surface area (Å²) in [5, 5.41) is 9.31. The van der Waals surface area contributed by atoms with Gasteiger partial charge in [0.05, 0.1) is 6.10 Å². The van der Waals surface area contributed by atoms with Crippen LogP contribution in [-0.2, 0) is 0 Å². The van der Waals surface area contributed by atoms with Crippen LogP contribution in [-0.4, -0.2) is 35.7 Å². The molecule has 1 saturated heterocycles. The molecule has 0 radical (unpaired) electrons. The molecular formula is C8H14BrNO. The lowest BCUT2D eigenvalue weighted by molar-refractivity contribution is 0.0768. The van der Waals surface area contributed by atoms with Gasteiger partial charge in [0.1, 0.15) is 0 Å². The van der Waals surface area contributed by atoms with Crippen molar-refractivity contribution in [2.45, 2.75) is 18.9 Å². The Labute approximate surface area is 76.0 Å². The number of halogens is 1. The summed E-state index contributed by atoms with van der Waals surface area (Å²) in [4.78, 5) is 2.21. The van der Waals surface area contributed by atoms with Crippen LogP contribution < -0.4 is 0 Å². The molecule has 1 aliphatic rings. The van der Waals surface area contributed by atoms with Gasteiger partial charge < -0.3 is 5.11 Å². The van der Waals surface area contributed by atoms with Gasteiger partial charge in [0, 0.05) is 17.6 Å². The van der Waals surface area contributed by atoms with Gasteiger partial charge in [-0.2, -0.15) is 0 Å². The molecule has 1 rings (SSSR count). The van der Waals surface area contributed by atoms with Crippen molar-refractivity contribution in [1.82, 2.24) is 4.90 Å². The van der Waals surface area contributed by atoms with Crippen LogP contribution in [0.4, 0.5) is 0 Å². The fourth-order valence-corrected chi connectivity index (χ4v) is 1.77. The predicted octanol–water partition coefficient (Wildman–Crippen LogP) is 1.35. The van der Waals surface area contributed by atoms with Crippen molar-refractivity contribution in [1.29, 1.82) is 0 Å². The molecule has 3 heteroatoms. The summed E-state index contributed by atoms with van der Waals surface area (Å²) in [6, 6.07) is 0. The predicted molar refractivity (Wildman–Crippen MR) is 49.7 cm³/mol. The SMILES string of the molecule is C=C(Br)CN1CCC[C@H](O)C1. The van der Waals surface area contributed by atoms with Crippen LogP contribution in [0.25, 0.3) is 0 Å². The third-order valence-corrected chi connectivity index (χ3v) is 2.13. The van der Waals surface area contributed by atoms with Crippen molar-refractivity contribution in [3.63, 3.8) is 0 Å². The van der Waals surface area contributed by atoms with Gasteiger partial charge in [0.15, 0.2) is 0 Å². The first-order chi connectivity index (χ1) is 5.18. The Hall–Kier alpha value is 0.140. The number of piperidine rings is 1. The van der Waals surface area contributed by atoms with Crippen molar-refractivity contribution in [3.8, 4) is 0 Å². The molecule has 0 bridgehead atoms. The number of nitrogens with zero attached hydrogens (tertiary/aromatic N) is 1. The number of aliphatic hydroxyl groups excluding tert-OH is 1. The molecule has 0 aromatic carbocycles. The van der Waals surface area contributed by atoms with E-state index in [-0.39, 0.29) is 6.10 Å². The van der Waals surface area contributed by atoms with Crippen LogP contribution in [0.3, 0.4) is 0 Å². The topological polar surface area (TPSA) is 23.5 Å². The molecule has 1 heterocycles. The number of hydrogen-bond donors (Lipinski definition) is 1. The van der Waals surface area contributed by atoms with E-state index in [2.05, 4.69) is 27.4 Å². The molecule has 0 saturated carbocycles. The summed E-state index contributed by atoms with van der Waals surface area (Å²) in [7, 11) is 0. The molecule has 1 atom stereocenters. The van der Waals surface area contributed by atoms with Crippen molar-refractivity contribution >= 4 is 15.9 Å². The van der Waals surface area contributed by atoms with Crippen molar-refractivity contribution in [3.05, 3.63) is 11.1 Å². The molecule has 0 aliphatic carbocycles. The van der Waals surface area contributed by atoms with Gasteiger partial charge in [-0.25, -0.2) is 0 Å². The van der Waals surface area contributed by atoms with E-state index >= 15 is 0 Å². The Morgan fingerprint density at radius 2 is 2.45 bits per heavy atom. The number of likely N-dealkylation sites (tertiary alicyclic amines) is 1. The molecular weight excluding hydrogens is 206 g/mol. The lowest BCUT2D eigenvalue weighted by atomic mass is 10.1. The normalized spacial score (nSPS) is 26.9. The quantitative estimate of drug-likeness (QED) is 0.759. The maximum absolute atomic E-state index is 9.31. The van der Waals surface area contributed by atoms with Gasteiger partial charge in [-0.1, -0.05) is 22.5 Å². The maximum Gasteiger partial charge on any atom is 0.0667 e. The van der Waals surface area contributed by atoms with Crippen LogP contribution in [0, 0.1) is 0 Å². The molecule has 11 heavy (non-hydrogen) atoms. The molecule has 0 aromatic rings. The third kappa shape index (κ3) is 3.36. The summed E-state index contributed by atoms with van der Waals surface area (Å²) < 4.78 is 0.992. The fraction of sp³-hybridized carbons (Fsp3) is 0.750. The first-order valence-corrected chi connectivity index (χ1v) is 4.71. The van der Waals surface area contributed by atoms with E-state index in [0.717, 1.165) is 37.0 Å². The molecule has 1 aliphatic heterocycles. The number of rotatable bonds is 2. The number of β-amino-alcohol motifs (C(OH)–C–C–N with tert-alkyl or cyclic N) is 1. The lowest BCUT2D eigenvalue weighted by Crippen LogP contribution is -2.38. The Morgan fingerprint density at radius 1 is 1.73 bits per heavy atom. The zero-order valence-electron chi connectivity index (χ0n) is 6.59. The van der Waals surface area contributed by atoms with Gasteiger partial charge in [-0.05, 0) is 19.4 Å². The smallest absolute Gasteiger partial charge is 0.0667 e. The molecule has 1 N–H and O–H groups in total. The van der Waals surface area contributed by atoms with Crippen LogP contribution in [0.15, 0.2) is 11.1 Å². The average molecular weight is 220 g/mol. The Balaban J connectivity index is 2.28. The van der Waals surface area contributed by atoms with Gasteiger partial charge in [0.25, 0.3) is 0 Å². The third-order valence-electron chi connectivity index (χ3n) is 1.88. The van der Waals surface area contributed by atoms with Crippen molar-refractivity contribution < 1.29 is 5.11 Å². The first kappa shape index (κ1) is 9.23. The summed E-state index contributed by atoms with van der Waals surface area (Å²) >= 11 is 3.31. The van der Waals surface area contributed by atoms with Crippen molar-refractivity contribution in [2.24, 2.45) is 0 Å². The summed E-state index contributed by atoms with van der Waals surface area (Å²) in [5.41, 5.74) is 0. The van der Waals surface area contributed by atoms with Crippen LogP contribution in [0.5, 0.6) is 0 Å². The Morgan fingerprint density at radius 3 is 3.00 bits per heavy atom. The molecule has 0 amide bonds. The zero-order valence-corrected chi connectivity index (χ0v) is 8.18.